The van der Waals surface area contributed by atoms with E-state index in [9.17, 15) is 5.11 Å². The van der Waals surface area contributed by atoms with E-state index < -0.39 is 0 Å². The molecule has 1 aromatic carbocycles. The highest BCUT2D eigenvalue weighted by Gasteiger charge is 2.09. The van der Waals surface area contributed by atoms with Crippen molar-refractivity contribution < 1.29 is 5.11 Å². The van der Waals surface area contributed by atoms with Crippen molar-refractivity contribution in [3.8, 4) is 0 Å². The molecule has 1 aliphatic carbocycles. The van der Waals surface area contributed by atoms with Crippen LogP contribution in [0.15, 0.2) is 35.9 Å². The van der Waals surface area contributed by atoms with Crippen LogP contribution in [-0.2, 0) is 6.42 Å². The maximum atomic E-state index is 9.72. The van der Waals surface area contributed by atoms with Gasteiger partial charge >= 0.3 is 0 Å². The lowest BCUT2D eigenvalue weighted by molar-refractivity contribution is 0.211. The number of aryl methyl sites for hydroxylation is 1. The van der Waals surface area contributed by atoms with Gasteiger partial charge in [-0.2, -0.15) is 0 Å². The summed E-state index contributed by atoms with van der Waals surface area (Å²) in [5.74, 6) is 0. The second-order valence-corrected chi connectivity index (χ2v) is 4.80. The van der Waals surface area contributed by atoms with Gasteiger partial charge in [-0.25, -0.2) is 0 Å². The number of rotatable bonds is 2. The van der Waals surface area contributed by atoms with Crippen LogP contribution in [0.5, 0.6) is 0 Å². The van der Waals surface area contributed by atoms with Gasteiger partial charge in [-0.1, -0.05) is 47.9 Å². The number of allylic oxidation sites excluding steroid dienone is 1. The molecule has 0 saturated carbocycles. The summed E-state index contributed by atoms with van der Waals surface area (Å²) in [6.07, 6.45) is 7.28. The molecule has 86 valence electrons. The fourth-order valence-electron chi connectivity index (χ4n) is 2.38. The van der Waals surface area contributed by atoms with Gasteiger partial charge in [0, 0.05) is 0 Å². The van der Waals surface area contributed by atoms with Crippen LogP contribution in [0, 0.1) is 6.92 Å². The standard InChI is InChI=1S/C15H20O/c1-12-5-4-7-13(9-12)10-14-6-2-3-8-15(16)11-14/h4-5,7,9,11,15-16H,2-3,6,8,10H2,1H3. The van der Waals surface area contributed by atoms with Crippen LogP contribution in [0.25, 0.3) is 0 Å². The summed E-state index contributed by atoms with van der Waals surface area (Å²) in [7, 11) is 0. The van der Waals surface area contributed by atoms with Crippen LogP contribution in [0.1, 0.15) is 36.8 Å². The van der Waals surface area contributed by atoms with Crippen LogP contribution in [-0.4, -0.2) is 11.2 Å². The molecule has 0 heterocycles. The van der Waals surface area contributed by atoms with Gasteiger partial charge in [-0.15, -0.1) is 0 Å². The Balaban J connectivity index is 2.08. The first-order valence-corrected chi connectivity index (χ1v) is 6.17. The van der Waals surface area contributed by atoms with E-state index in [1.165, 1.54) is 23.1 Å². The van der Waals surface area contributed by atoms with Gasteiger partial charge in [0.05, 0.1) is 6.10 Å². The molecule has 0 radical (unpaired) electrons. The van der Waals surface area contributed by atoms with E-state index in [0.29, 0.717) is 0 Å². The van der Waals surface area contributed by atoms with E-state index in [4.69, 9.17) is 0 Å². The summed E-state index contributed by atoms with van der Waals surface area (Å²) in [6, 6.07) is 8.64. The molecule has 0 aromatic heterocycles. The van der Waals surface area contributed by atoms with Crippen LogP contribution >= 0.6 is 0 Å². The third kappa shape index (κ3) is 3.21. The maximum absolute atomic E-state index is 9.72. The number of hydrogen-bond acceptors (Lipinski definition) is 1. The summed E-state index contributed by atoms with van der Waals surface area (Å²) in [4.78, 5) is 0. The van der Waals surface area contributed by atoms with E-state index in [2.05, 4.69) is 37.3 Å². The normalized spacial score (nSPS) is 21.4. The molecule has 0 fully saturated rings. The minimum atomic E-state index is -0.220. The van der Waals surface area contributed by atoms with E-state index in [1.54, 1.807) is 0 Å². The molecule has 1 N–H and O–H groups in total. The third-order valence-electron chi connectivity index (χ3n) is 3.19. The first-order valence-electron chi connectivity index (χ1n) is 6.17. The Morgan fingerprint density at radius 1 is 1.31 bits per heavy atom. The van der Waals surface area contributed by atoms with Crippen LogP contribution in [0.4, 0.5) is 0 Å². The smallest absolute Gasteiger partial charge is 0.0723 e. The molecule has 1 aromatic rings. The van der Waals surface area contributed by atoms with Gasteiger partial charge < -0.3 is 5.11 Å². The second-order valence-electron chi connectivity index (χ2n) is 4.80. The fraction of sp³-hybridized carbons (Fsp3) is 0.467. The molecule has 1 aliphatic rings. The van der Waals surface area contributed by atoms with Crippen LogP contribution < -0.4 is 0 Å². The predicted octanol–water partition coefficient (Wildman–Crippen LogP) is 3.40. The van der Waals surface area contributed by atoms with Crippen molar-refractivity contribution in [1.82, 2.24) is 0 Å². The van der Waals surface area contributed by atoms with Crippen LogP contribution in [0.3, 0.4) is 0 Å². The van der Waals surface area contributed by atoms with Crippen molar-refractivity contribution in [2.24, 2.45) is 0 Å². The zero-order valence-corrected chi connectivity index (χ0v) is 9.95. The Hall–Kier alpha value is -1.08. The number of hydrogen-bond donors (Lipinski definition) is 1. The van der Waals surface area contributed by atoms with Crippen molar-refractivity contribution in [3.05, 3.63) is 47.0 Å². The monoisotopic (exact) mass is 216 g/mol. The molecule has 0 aliphatic heterocycles. The van der Waals surface area contributed by atoms with Crippen molar-refractivity contribution in [3.63, 3.8) is 0 Å². The van der Waals surface area contributed by atoms with E-state index in [-0.39, 0.29) is 6.10 Å². The molecular weight excluding hydrogens is 196 g/mol. The van der Waals surface area contributed by atoms with Crippen molar-refractivity contribution in [2.45, 2.75) is 45.1 Å². The fourth-order valence-corrected chi connectivity index (χ4v) is 2.38. The highest BCUT2D eigenvalue weighted by atomic mass is 16.3. The van der Waals surface area contributed by atoms with E-state index >= 15 is 0 Å². The Morgan fingerprint density at radius 3 is 3.00 bits per heavy atom. The van der Waals surface area contributed by atoms with Gasteiger partial charge in [0.25, 0.3) is 0 Å². The van der Waals surface area contributed by atoms with Gasteiger partial charge in [-0.05, 0) is 38.2 Å². The van der Waals surface area contributed by atoms with E-state index in [1.807, 2.05) is 0 Å². The lowest BCUT2D eigenvalue weighted by Crippen LogP contribution is -2.01. The Kier molecular flexibility index (Phi) is 3.79. The van der Waals surface area contributed by atoms with E-state index in [0.717, 1.165) is 25.7 Å². The summed E-state index contributed by atoms with van der Waals surface area (Å²) >= 11 is 0. The number of aliphatic hydroxyl groups excluding tert-OH is 1. The Morgan fingerprint density at radius 2 is 2.19 bits per heavy atom. The minimum absolute atomic E-state index is 0.220. The molecule has 1 heteroatoms. The summed E-state index contributed by atoms with van der Waals surface area (Å²) in [5, 5.41) is 9.72. The third-order valence-corrected chi connectivity index (χ3v) is 3.19. The zero-order chi connectivity index (χ0) is 11.4. The minimum Gasteiger partial charge on any atom is -0.389 e. The average Bonchev–Trinajstić information content (AvgIpc) is 2.43. The summed E-state index contributed by atoms with van der Waals surface area (Å²) in [6.45, 7) is 2.12. The SMILES string of the molecule is Cc1cccc(CC2=CC(O)CCCC2)c1. The zero-order valence-electron chi connectivity index (χ0n) is 9.95. The lowest BCUT2D eigenvalue weighted by Gasteiger charge is -2.07. The summed E-state index contributed by atoms with van der Waals surface area (Å²) in [5.41, 5.74) is 4.07. The second kappa shape index (κ2) is 5.31. The van der Waals surface area contributed by atoms with Gasteiger partial charge in [-0.3, -0.25) is 0 Å². The van der Waals surface area contributed by atoms with Gasteiger partial charge in [0.2, 0.25) is 0 Å². The molecule has 1 nitrogen and oxygen atoms in total. The molecule has 1 unspecified atom stereocenters. The van der Waals surface area contributed by atoms with Crippen molar-refractivity contribution >= 4 is 0 Å². The highest BCUT2D eigenvalue weighted by molar-refractivity contribution is 5.27. The molecule has 1 atom stereocenters. The Labute approximate surface area is 97.8 Å². The van der Waals surface area contributed by atoms with Gasteiger partial charge in [0.15, 0.2) is 0 Å². The largest absolute Gasteiger partial charge is 0.389 e. The first kappa shape index (κ1) is 11.4. The molecular formula is C15H20O. The topological polar surface area (TPSA) is 20.2 Å². The molecule has 0 saturated heterocycles. The van der Waals surface area contributed by atoms with Crippen molar-refractivity contribution in [1.29, 1.82) is 0 Å². The maximum Gasteiger partial charge on any atom is 0.0723 e. The first-order chi connectivity index (χ1) is 7.74. The van der Waals surface area contributed by atoms with Crippen LogP contribution in [0.2, 0.25) is 0 Å². The average molecular weight is 216 g/mol. The van der Waals surface area contributed by atoms with Crippen molar-refractivity contribution in [2.75, 3.05) is 0 Å². The quantitative estimate of drug-likeness (QED) is 0.751. The molecule has 16 heavy (non-hydrogen) atoms. The molecule has 0 amide bonds. The summed E-state index contributed by atoms with van der Waals surface area (Å²) < 4.78 is 0. The molecule has 0 spiro atoms. The highest BCUT2D eigenvalue weighted by Crippen LogP contribution is 2.21. The molecule has 0 bridgehead atoms. The number of aliphatic hydroxyl groups is 1. The lowest BCUT2D eigenvalue weighted by atomic mass is 10.00. The number of benzene rings is 1. The predicted molar refractivity (Wildman–Crippen MR) is 67.4 cm³/mol. The molecule has 2 rings (SSSR count). The van der Waals surface area contributed by atoms with Gasteiger partial charge in [0.1, 0.15) is 0 Å². The Bertz CT molecular complexity index is 379.